The van der Waals surface area contributed by atoms with Gasteiger partial charge in [-0.15, -0.1) is 0 Å². The summed E-state index contributed by atoms with van der Waals surface area (Å²) in [7, 11) is 1.36. The van der Waals surface area contributed by atoms with Gasteiger partial charge < -0.3 is 4.74 Å². The topological polar surface area (TPSA) is 133 Å². The largest absolute Gasteiger partial charge is 0.489 e. The van der Waals surface area contributed by atoms with Crippen molar-refractivity contribution in [1.82, 2.24) is 4.98 Å². The molecular formula is C13H10IN5O5. The fraction of sp³-hybridized carbons (Fsp3) is 0.0769. The molecule has 1 aromatic heterocycles. The first-order valence-corrected chi connectivity index (χ1v) is 7.41. The summed E-state index contributed by atoms with van der Waals surface area (Å²) in [4.78, 5) is 24.3. The van der Waals surface area contributed by atoms with E-state index in [9.17, 15) is 20.2 Å². The van der Waals surface area contributed by atoms with Crippen LogP contribution in [0.15, 0.2) is 35.6 Å². The van der Waals surface area contributed by atoms with Gasteiger partial charge in [0.2, 0.25) is 5.75 Å². The van der Waals surface area contributed by atoms with Gasteiger partial charge in [0.25, 0.3) is 5.69 Å². The van der Waals surface area contributed by atoms with Crippen LogP contribution in [0.1, 0.15) is 5.56 Å². The lowest BCUT2D eigenvalue weighted by Gasteiger charge is -2.05. The molecule has 0 fully saturated rings. The quantitative estimate of drug-likeness (QED) is 0.314. The minimum absolute atomic E-state index is 0.134. The summed E-state index contributed by atoms with van der Waals surface area (Å²) in [5.41, 5.74) is 2.77. The number of hydrogen-bond donors (Lipinski definition) is 1. The van der Waals surface area contributed by atoms with Crippen molar-refractivity contribution in [1.29, 1.82) is 0 Å². The molecule has 0 bridgehead atoms. The van der Waals surface area contributed by atoms with E-state index in [1.807, 2.05) is 22.6 Å². The molecule has 0 unspecified atom stereocenters. The second-order valence-corrected chi connectivity index (χ2v) is 5.50. The van der Waals surface area contributed by atoms with Crippen molar-refractivity contribution in [3.8, 4) is 5.75 Å². The van der Waals surface area contributed by atoms with E-state index in [1.165, 1.54) is 31.5 Å². The van der Waals surface area contributed by atoms with Crippen molar-refractivity contribution in [3.63, 3.8) is 0 Å². The first-order valence-electron chi connectivity index (χ1n) is 6.34. The number of methoxy groups -OCH3 is 1. The number of nitro benzene ring substituents is 1. The lowest BCUT2D eigenvalue weighted by atomic mass is 10.2. The Morgan fingerprint density at radius 2 is 2.04 bits per heavy atom. The lowest BCUT2D eigenvalue weighted by Crippen LogP contribution is -1.99. The zero-order valence-corrected chi connectivity index (χ0v) is 14.3. The maximum Gasteiger partial charge on any atom is 0.312 e. The second-order valence-electron chi connectivity index (χ2n) is 4.34. The number of nitrogens with one attached hydrogen (secondary N) is 1. The minimum atomic E-state index is -0.557. The van der Waals surface area contributed by atoms with Gasteiger partial charge in [-0.2, -0.15) is 5.10 Å². The summed E-state index contributed by atoms with van der Waals surface area (Å²) in [5, 5.41) is 25.5. The molecule has 0 saturated heterocycles. The third kappa shape index (κ3) is 4.13. The summed E-state index contributed by atoms with van der Waals surface area (Å²) in [5.74, 6) is 0.484. The van der Waals surface area contributed by atoms with Crippen LogP contribution in [0.4, 0.5) is 17.2 Å². The Labute approximate surface area is 149 Å². The molecule has 124 valence electrons. The summed E-state index contributed by atoms with van der Waals surface area (Å²) in [6, 6.07) is 5.68. The second kappa shape index (κ2) is 7.63. The summed E-state index contributed by atoms with van der Waals surface area (Å²) < 4.78 is 5.59. The van der Waals surface area contributed by atoms with Gasteiger partial charge in [-0.3, -0.25) is 25.7 Å². The number of benzene rings is 1. The maximum atomic E-state index is 11.1. The van der Waals surface area contributed by atoms with Crippen LogP contribution in [0.5, 0.6) is 5.75 Å². The Morgan fingerprint density at radius 3 is 2.58 bits per heavy atom. The van der Waals surface area contributed by atoms with Crippen LogP contribution in [0, 0.1) is 23.8 Å². The molecule has 2 rings (SSSR count). The van der Waals surface area contributed by atoms with Crippen molar-refractivity contribution < 1.29 is 14.6 Å². The number of hydrazone groups is 1. The van der Waals surface area contributed by atoms with Crippen molar-refractivity contribution in [2.45, 2.75) is 0 Å². The van der Waals surface area contributed by atoms with Crippen LogP contribution < -0.4 is 10.2 Å². The molecule has 0 radical (unpaired) electrons. The number of halogens is 1. The highest BCUT2D eigenvalue weighted by molar-refractivity contribution is 14.1. The third-order valence-electron chi connectivity index (χ3n) is 2.80. The molecule has 0 amide bonds. The first kappa shape index (κ1) is 17.5. The molecule has 0 aliphatic rings. The number of aromatic nitrogens is 1. The Morgan fingerprint density at radius 1 is 1.29 bits per heavy atom. The average Bonchev–Trinajstić information content (AvgIpc) is 2.54. The Bertz CT molecular complexity index is 809. The SMILES string of the molecule is COc1c(I)cc(/C=N/Nc2ccc([N+](=O)[O-])cn2)cc1[N+](=O)[O-]. The van der Waals surface area contributed by atoms with E-state index in [-0.39, 0.29) is 17.1 Å². The molecule has 0 aliphatic heterocycles. The zero-order chi connectivity index (χ0) is 17.7. The van der Waals surface area contributed by atoms with Crippen molar-refractivity contribution in [2.75, 3.05) is 12.5 Å². The number of nitro groups is 2. The minimum Gasteiger partial charge on any atom is -0.489 e. The molecule has 1 N–H and O–H groups in total. The fourth-order valence-corrected chi connectivity index (χ4v) is 2.60. The molecule has 1 heterocycles. The third-order valence-corrected chi connectivity index (χ3v) is 3.60. The van der Waals surface area contributed by atoms with Crippen LogP contribution in [0.25, 0.3) is 0 Å². The summed E-state index contributed by atoms with van der Waals surface area (Å²) in [6.07, 6.45) is 2.47. The Hall–Kier alpha value is -2.83. The van der Waals surface area contributed by atoms with Crippen LogP contribution in [-0.2, 0) is 0 Å². The highest BCUT2D eigenvalue weighted by atomic mass is 127. The molecule has 0 aliphatic carbocycles. The number of nitrogens with zero attached hydrogens (tertiary/aromatic N) is 4. The molecule has 1 aromatic carbocycles. The first-order chi connectivity index (χ1) is 11.4. The van der Waals surface area contributed by atoms with Gasteiger partial charge in [0.15, 0.2) is 0 Å². The van der Waals surface area contributed by atoms with Gasteiger partial charge in [-0.05, 0) is 34.7 Å². The van der Waals surface area contributed by atoms with Crippen molar-refractivity contribution in [3.05, 3.63) is 59.8 Å². The van der Waals surface area contributed by atoms with E-state index in [0.717, 1.165) is 6.20 Å². The molecule has 10 nitrogen and oxygen atoms in total. The van der Waals surface area contributed by atoms with Gasteiger partial charge in [0, 0.05) is 17.7 Å². The predicted molar refractivity (Wildman–Crippen MR) is 94.5 cm³/mol. The molecular weight excluding hydrogens is 433 g/mol. The van der Waals surface area contributed by atoms with Gasteiger partial charge in [-0.25, -0.2) is 4.98 Å². The standard InChI is InChI=1S/C13H10IN5O5/c1-24-13-10(14)4-8(5-11(13)19(22)23)6-16-17-12-3-2-9(7-15-12)18(20)21/h2-7H,1H3,(H,15,17)/b16-6+. The van der Waals surface area contributed by atoms with Gasteiger partial charge >= 0.3 is 5.69 Å². The number of pyridine rings is 1. The number of hydrogen-bond acceptors (Lipinski definition) is 8. The fourth-order valence-electron chi connectivity index (χ4n) is 1.74. The molecule has 2 aromatic rings. The highest BCUT2D eigenvalue weighted by Crippen LogP contribution is 2.32. The number of rotatable bonds is 6. The number of ether oxygens (including phenoxy) is 1. The molecule has 0 atom stereocenters. The van der Waals surface area contributed by atoms with Crippen LogP contribution in [0.3, 0.4) is 0 Å². The zero-order valence-electron chi connectivity index (χ0n) is 12.2. The molecule has 0 spiro atoms. The van der Waals surface area contributed by atoms with Crippen LogP contribution in [0.2, 0.25) is 0 Å². The van der Waals surface area contributed by atoms with Crippen LogP contribution >= 0.6 is 22.6 Å². The van der Waals surface area contributed by atoms with E-state index >= 15 is 0 Å². The van der Waals surface area contributed by atoms with Gasteiger partial charge in [0.1, 0.15) is 12.0 Å². The van der Waals surface area contributed by atoms with E-state index in [1.54, 1.807) is 6.07 Å². The average molecular weight is 443 g/mol. The van der Waals surface area contributed by atoms with Crippen molar-refractivity contribution >= 4 is 46.0 Å². The van der Waals surface area contributed by atoms with Crippen molar-refractivity contribution in [2.24, 2.45) is 5.10 Å². The predicted octanol–water partition coefficient (Wildman–Crippen LogP) is 2.96. The van der Waals surface area contributed by atoms with E-state index in [2.05, 4.69) is 15.5 Å². The molecule has 11 heteroatoms. The highest BCUT2D eigenvalue weighted by Gasteiger charge is 2.18. The Kier molecular flexibility index (Phi) is 5.57. The molecule has 24 heavy (non-hydrogen) atoms. The van der Waals surface area contributed by atoms with Gasteiger partial charge in [-0.1, -0.05) is 0 Å². The van der Waals surface area contributed by atoms with E-state index < -0.39 is 9.85 Å². The Balaban J connectivity index is 2.17. The normalized spacial score (nSPS) is 10.6. The monoisotopic (exact) mass is 443 g/mol. The van der Waals surface area contributed by atoms with Gasteiger partial charge in [0.05, 0.1) is 26.7 Å². The summed E-state index contributed by atoms with van der Waals surface area (Å²) >= 11 is 1.93. The van der Waals surface area contributed by atoms with Crippen LogP contribution in [-0.4, -0.2) is 28.2 Å². The lowest BCUT2D eigenvalue weighted by molar-refractivity contribution is -0.385. The summed E-state index contributed by atoms with van der Waals surface area (Å²) in [6.45, 7) is 0. The van der Waals surface area contributed by atoms with E-state index in [4.69, 9.17) is 4.74 Å². The number of anilines is 1. The van der Waals surface area contributed by atoms with E-state index in [0.29, 0.717) is 15.0 Å². The smallest absolute Gasteiger partial charge is 0.312 e. The molecule has 0 saturated carbocycles. The maximum absolute atomic E-state index is 11.1.